The van der Waals surface area contributed by atoms with Gasteiger partial charge in [-0.1, -0.05) is 35.9 Å². The van der Waals surface area contributed by atoms with Gasteiger partial charge in [0.25, 0.3) is 5.91 Å². The molecule has 132 valence electrons. The third kappa shape index (κ3) is 4.28. The molecule has 0 aliphatic rings. The largest absolute Gasteiger partial charge is 0.494 e. The van der Waals surface area contributed by atoms with Gasteiger partial charge in [-0.3, -0.25) is 9.69 Å². The van der Waals surface area contributed by atoms with Gasteiger partial charge >= 0.3 is 0 Å². The van der Waals surface area contributed by atoms with E-state index in [1.807, 2.05) is 68.4 Å². The van der Waals surface area contributed by atoms with Crippen molar-refractivity contribution < 1.29 is 9.53 Å². The van der Waals surface area contributed by atoms with Gasteiger partial charge in [0.2, 0.25) is 0 Å². The van der Waals surface area contributed by atoms with E-state index in [1.54, 1.807) is 23.2 Å². The fourth-order valence-electron chi connectivity index (χ4n) is 2.66. The molecule has 0 N–H and O–H groups in total. The number of carbonyl (C=O) groups is 1. The minimum Gasteiger partial charge on any atom is -0.494 e. The van der Waals surface area contributed by atoms with Crippen molar-refractivity contribution in [3.05, 3.63) is 89.6 Å². The Morgan fingerprint density at radius 3 is 2.35 bits per heavy atom. The van der Waals surface area contributed by atoms with Gasteiger partial charge in [0.15, 0.2) is 0 Å². The van der Waals surface area contributed by atoms with Gasteiger partial charge in [-0.05, 0) is 55.8 Å². The number of hydrogen-bond acceptors (Lipinski definition) is 3. The van der Waals surface area contributed by atoms with E-state index in [-0.39, 0.29) is 5.91 Å². The summed E-state index contributed by atoms with van der Waals surface area (Å²) in [6, 6.07) is 21.0. The smallest absolute Gasteiger partial charge is 0.259 e. The first-order valence-corrected chi connectivity index (χ1v) is 8.68. The van der Waals surface area contributed by atoms with Gasteiger partial charge < -0.3 is 4.74 Å². The highest BCUT2D eigenvalue weighted by atomic mass is 16.5. The molecule has 1 amide bonds. The van der Waals surface area contributed by atoms with Crippen LogP contribution in [0, 0.1) is 6.92 Å². The molecule has 2 aromatic carbocycles. The van der Waals surface area contributed by atoms with Gasteiger partial charge in [0.1, 0.15) is 11.6 Å². The number of pyridine rings is 1. The molecule has 0 fully saturated rings. The Morgan fingerprint density at radius 1 is 1.00 bits per heavy atom. The second-order valence-corrected chi connectivity index (χ2v) is 6.02. The molecule has 0 radical (unpaired) electrons. The Hall–Kier alpha value is -3.14. The summed E-state index contributed by atoms with van der Waals surface area (Å²) >= 11 is 0. The van der Waals surface area contributed by atoms with Gasteiger partial charge in [-0.2, -0.15) is 0 Å². The van der Waals surface area contributed by atoms with Crippen molar-refractivity contribution in [1.29, 1.82) is 0 Å². The van der Waals surface area contributed by atoms with E-state index in [2.05, 4.69) is 4.98 Å². The highest BCUT2D eigenvalue weighted by Gasteiger charge is 2.19. The SMILES string of the molecule is CCOc1ccc(C(=O)N(Cc2ccc(C)cc2)c2ccccn2)cc1. The summed E-state index contributed by atoms with van der Waals surface area (Å²) in [6.07, 6.45) is 1.70. The highest BCUT2D eigenvalue weighted by molar-refractivity contribution is 6.05. The van der Waals surface area contributed by atoms with E-state index < -0.39 is 0 Å². The van der Waals surface area contributed by atoms with Gasteiger partial charge in [-0.25, -0.2) is 4.98 Å². The predicted molar refractivity (Wildman–Crippen MR) is 104 cm³/mol. The van der Waals surface area contributed by atoms with E-state index >= 15 is 0 Å². The molecule has 0 aliphatic heterocycles. The van der Waals surface area contributed by atoms with Crippen molar-refractivity contribution in [2.45, 2.75) is 20.4 Å². The second-order valence-electron chi connectivity index (χ2n) is 6.02. The Kier molecular flexibility index (Phi) is 5.64. The molecule has 4 nitrogen and oxygen atoms in total. The predicted octanol–water partition coefficient (Wildman–Crippen LogP) is 4.64. The molecule has 3 aromatic rings. The summed E-state index contributed by atoms with van der Waals surface area (Å²) < 4.78 is 5.46. The summed E-state index contributed by atoms with van der Waals surface area (Å²) in [5.74, 6) is 1.30. The van der Waals surface area contributed by atoms with Crippen molar-refractivity contribution in [2.75, 3.05) is 11.5 Å². The monoisotopic (exact) mass is 346 g/mol. The lowest BCUT2D eigenvalue weighted by atomic mass is 10.1. The molecule has 3 rings (SSSR count). The highest BCUT2D eigenvalue weighted by Crippen LogP contribution is 2.20. The molecule has 0 bridgehead atoms. The Balaban J connectivity index is 1.89. The van der Waals surface area contributed by atoms with Crippen molar-refractivity contribution in [3.8, 4) is 5.75 Å². The van der Waals surface area contributed by atoms with Crippen molar-refractivity contribution in [1.82, 2.24) is 4.98 Å². The van der Waals surface area contributed by atoms with Crippen LogP contribution >= 0.6 is 0 Å². The average Bonchev–Trinajstić information content (AvgIpc) is 2.68. The van der Waals surface area contributed by atoms with Crippen LogP contribution in [0.4, 0.5) is 5.82 Å². The Labute approximate surface area is 154 Å². The molecular weight excluding hydrogens is 324 g/mol. The van der Waals surface area contributed by atoms with E-state index in [0.717, 1.165) is 11.3 Å². The number of amides is 1. The van der Waals surface area contributed by atoms with Gasteiger partial charge in [-0.15, -0.1) is 0 Å². The van der Waals surface area contributed by atoms with Crippen LogP contribution in [-0.2, 0) is 6.54 Å². The van der Waals surface area contributed by atoms with Crippen LogP contribution in [0.5, 0.6) is 5.75 Å². The standard InChI is InChI=1S/C22H22N2O2/c1-3-26-20-13-11-19(12-14-20)22(25)24(21-6-4-5-15-23-21)16-18-9-7-17(2)8-10-18/h4-15H,3,16H2,1-2H3. The van der Waals surface area contributed by atoms with E-state index in [9.17, 15) is 4.79 Å². The number of carbonyl (C=O) groups excluding carboxylic acids is 1. The molecule has 0 saturated carbocycles. The maximum Gasteiger partial charge on any atom is 0.259 e. The zero-order chi connectivity index (χ0) is 18.4. The lowest BCUT2D eigenvalue weighted by Gasteiger charge is -2.22. The average molecular weight is 346 g/mol. The number of aryl methyl sites for hydroxylation is 1. The van der Waals surface area contributed by atoms with Crippen molar-refractivity contribution in [3.63, 3.8) is 0 Å². The van der Waals surface area contributed by atoms with Crippen LogP contribution < -0.4 is 9.64 Å². The van der Waals surface area contributed by atoms with Crippen LogP contribution in [0.3, 0.4) is 0 Å². The number of hydrogen-bond donors (Lipinski definition) is 0. The topological polar surface area (TPSA) is 42.4 Å². The third-order valence-corrected chi connectivity index (χ3v) is 4.04. The summed E-state index contributed by atoms with van der Waals surface area (Å²) in [4.78, 5) is 19.2. The minimum atomic E-state index is -0.0904. The fraction of sp³-hybridized carbons (Fsp3) is 0.182. The van der Waals surface area contributed by atoms with Crippen LogP contribution in [0.2, 0.25) is 0 Å². The van der Waals surface area contributed by atoms with E-state index in [0.29, 0.717) is 24.5 Å². The molecular formula is C22H22N2O2. The number of rotatable bonds is 6. The van der Waals surface area contributed by atoms with Gasteiger partial charge in [0, 0.05) is 11.8 Å². The summed E-state index contributed by atoms with van der Waals surface area (Å²) in [6.45, 7) is 5.04. The first kappa shape index (κ1) is 17.7. The zero-order valence-electron chi connectivity index (χ0n) is 15.1. The molecule has 1 heterocycles. The molecule has 0 unspecified atom stereocenters. The molecule has 0 spiro atoms. The van der Waals surface area contributed by atoms with Crippen molar-refractivity contribution in [2.24, 2.45) is 0 Å². The summed E-state index contributed by atoms with van der Waals surface area (Å²) in [5, 5.41) is 0. The third-order valence-electron chi connectivity index (χ3n) is 4.04. The quantitative estimate of drug-likeness (QED) is 0.653. The maximum atomic E-state index is 13.1. The normalized spacial score (nSPS) is 10.4. The number of anilines is 1. The van der Waals surface area contributed by atoms with Gasteiger partial charge in [0.05, 0.1) is 13.2 Å². The van der Waals surface area contributed by atoms with Crippen LogP contribution in [0.25, 0.3) is 0 Å². The molecule has 0 saturated heterocycles. The Bertz CT molecular complexity index is 844. The lowest BCUT2D eigenvalue weighted by Crippen LogP contribution is -2.31. The first-order chi connectivity index (χ1) is 12.7. The van der Waals surface area contributed by atoms with E-state index in [1.165, 1.54) is 5.56 Å². The number of nitrogens with zero attached hydrogens (tertiary/aromatic N) is 2. The van der Waals surface area contributed by atoms with Crippen LogP contribution in [0.15, 0.2) is 72.9 Å². The molecule has 0 aliphatic carbocycles. The molecule has 4 heteroatoms. The molecule has 26 heavy (non-hydrogen) atoms. The summed E-state index contributed by atoms with van der Waals surface area (Å²) in [5.41, 5.74) is 2.85. The number of ether oxygens (including phenoxy) is 1. The Morgan fingerprint density at radius 2 is 1.73 bits per heavy atom. The number of benzene rings is 2. The lowest BCUT2D eigenvalue weighted by molar-refractivity contribution is 0.0984. The zero-order valence-corrected chi connectivity index (χ0v) is 15.1. The first-order valence-electron chi connectivity index (χ1n) is 8.68. The maximum absolute atomic E-state index is 13.1. The number of aromatic nitrogens is 1. The van der Waals surface area contributed by atoms with E-state index in [4.69, 9.17) is 4.74 Å². The van der Waals surface area contributed by atoms with Crippen LogP contribution in [-0.4, -0.2) is 17.5 Å². The van der Waals surface area contributed by atoms with Crippen LogP contribution in [0.1, 0.15) is 28.4 Å². The second kappa shape index (κ2) is 8.30. The fourth-order valence-corrected chi connectivity index (χ4v) is 2.66. The van der Waals surface area contributed by atoms with Crippen molar-refractivity contribution >= 4 is 11.7 Å². The minimum absolute atomic E-state index is 0.0904. The molecule has 1 aromatic heterocycles. The molecule has 0 atom stereocenters. The summed E-state index contributed by atoms with van der Waals surface area (Å²) in [7, 11) is 0.